The Balaban J connectivity index is 1.91. The van der Waals surface area contributed by atoms with E-state index in [0.29, 0.717) is 28.6 Å². The number of thiazole rings is 1. The highest BCUT2D eigenvalue weighted by Gasteiger charge is 2.28. The van der Waals surface area contributed by atoms with Crippen LogP contribution in [0.25, 0.3) is 0 Å². The maximum absolute atomic E-state index is 12.4. The van der Waals surface area contributed by atoms with Crippen molar-refractivity contribution in [1.29, 1.82) is 0 Å². The third kappa shape index (κ3) is 3.09. The second-order valence-corrected chi connectivity index (χ2v) is 5.93. The van der Waals surface area contributed by atoms with E-state index >= 15 is 0 Å². The molecule has 0 aliphatic heterocycles. The Hall–Kier alpha value is -2.68. The summed E-state index contributed by atoms with van der Waals surface area (Å²) in [6.07, 6.45) is 3.84. The standard InChI is InChI=1S/C14H15N5O3S/c1-7-10-8(18-19-13(15)21)3-2-4-9(10)22-11(7)12(20)17-14-16-5-6-23-14/h5-6H,2-4H2,1H3,(H3,15,19,21)(H,16,17,20)/b18-8+. The highest BCUT2D eigenvalue weighted by atomic mass is 32.1. The Morgan fingerprint density at radius 3 is 2.96 bits per heavy atom. The number of hydrogen-bond acceptors (Lipinski definition) is 6. The van der Waals surface area contributed by atoms with E-state index in [1.165, 1.54) is 11.3 Å². The molecule has 4 N–H and O–H groups in total. The number of anilines is 1. The SMILES string of the molecule is Cc1c(C(=O)Nc2nccs2)oc2c1/C(=N/NC(N)=O)CCC2. The summed E-state index contributed by atoms with van der Waals surface area (Å²) in [6.45, 7) is 1.80. The van der Waals surface area contributed by atoms with Crippen LogP contribution in [0.3, 0.4) is 0 Å². The van der Waals surface area contributed by atoms with Gasteiger partial charge in [0.05, 0.1) is 5.71 Å². The number of furan rings is 1. The number of hydrazone groups is 1. The second kappa shape index (κ2) is 6.21. The van der Waals surface area contributed by atoms with E-state index < -0.39 is 6.03 Å². The fraction of sp³-hybridized carbons (Fsp3) is 0.286. The third-order valence-electron chi connectivity index (χ3n) is 3.49. The molecule has 0 bridgehead atoms. The number of nitrogens with one attached hydrogen (secondary N) is 2. The average molecular weight is 333 g/mol. The van der Waals surface area contributed by atoms with E-state index in [2.05, 4.69) is 20.8 Å². The van der Waals surface area contributed by atoms with Gasteiger partial charge in [-0.15, -0.1) is 11.3 Å². The lowest BCUT2D eigenvalue weighted by Crippen LogP contribution is -2.27. The number of carbonyl (C=O) groups is 2. The van der Waals surface area contributed by atoms with Gasteiger partial charge in [-0.25, -0.2) is 15.2 Å². The van der Waals surface area contributed by atoms with Crippen LogP contribution in [0.4, 0.5) is 9.93 Å². The van der Waals surface area contributed by atoms with Crippen LogP contribution in [0, 0.1) is 6.92 Å². The molecule has 1 aliphatic rings. The van der Waals surface area contributed by atoms with Gasteiger partial charge in [0.15, 0.2) is 10.9 Å². The summed E-state index contributed by atoms with van der Waals surface area (Å²) in [7, 11) is 0. The maximum atomic E-state index is 12.4. The van der Waals surface area contributed by atoms with Crippen LogP contribution in [-0.2, 0) is 6.42 Å². The monoisotopic (exact) mass is 333 g/mol. The van der Waals surface area contributed by atoms with Crippen LogP contribution in [-0.4, -0.2) is 22.6 Å². The summed E-state index contributed by atoms with van der Waals surface area (Å²) < 4.78 is 5.72. The maximum Gasteiger partial charge on any atom is 0.332 e. The number of fused-ring (bicyclic) bond motifs is 1. The average Bonchev–Trinajstić information content (AvgIpc) is 3.13. The quantitative estimate of drug-likeness (QED) is 0.743. The molecule has 8 nitrogen and oxygen atoms in total. The fourth-order valence-electron chi connectivity index (χ4n) is 2.56. The summed E-state index contributed by atoms with van der Waals surface area (Å²) in [4.78, 5) is 27.2. The Bertz CT molecular complexity index is 779. The molecule has 2 heterocycles. The molecule has 1 aliphatic carbocycles. The van der Waals surface area contributed by atoms with Crippen LogP contribution >= 0.6 is 11.3 Å². The molecular formula is C14H15N5O3S. The third-order valence-corrected chi connectivity index (χ3v) is 4.17. The van der Waals surface area contributed by atoms with E-state index in [0.717, 1.165) is 18.4 Å². The van der Waals surface area contributed by atoms with E-state index in [-0.39, 0.29) is 11.7 Å². The van der Waals surface area contributed by atoms with E-state index in [1.54, 1.807) is 18.5 Å². The molecule has 23 heavy (non-hydrogen) atoms. The number of amides is 3. The van der Waals surface area contributed by atoms with Gasteiger partial charge < -0.3 is 10.2 Å². The van der Waals surface area contributed by atoms with E-state index in [1.807, 2.05) is 0 Å². The van der Waals surface area contributed by atoms with Gasteiger partial charge in [-0.1, -0.05) is 0 Å². The van der Waals surface area contributed by atoms with Gasteiger partial charge in [-0.3, -0.25) is 10.1 Å². The van der Waals surface area contributed by atoms with Crippen molar-refractivity contribution in [1.82, 2.24) is 10.4 Å². The van der Waals surface area contributed by atoms with Gasteiger partial charge in [0, 0.05) is 29.1 Å². The summed E-state index contributed by atoms with van der Waals surface area (Å²) in [6, 6.07) is -0.729. The molecule has 0 fully saturated rings. The Morgan fingerprint density at radius 1 is 1.43 bits per heavy atom. The molecule has 0 radical (unpaired) electrons. The zero-order valence-corrected chi connectivity index (χ0v) is 13.2. The van der Waals surface area contributed by atoms with Crippen molar-refractivity contribution in [2.75, 3.05) is 5.32 Å². The molecule has 2 aromatic heterocycles. The Labute approximate surface area is 135 Å². The molecule has 9 heteroatoms. The largest absolute Gasteiger partial charge is 0.455 e. The minimum absolute atomic E-state index is 0.235. The number of primary amides is 1. The van der Waals surface area contributed by atoms with E-state index in [4.69, 9.17) is 10.2 Å². The molecular weight excluding hydrogens is 318 g/mol. The highest BCUT2D eigenvalue weighted by Crippen LogP contribution is 2.30. The van der Waals surface area contributed by atoms with Gasteiger partial charge in [-0.05, 0) is 19.8 Å². The van der Waals surface area contributed by atoms with Crippen molar-refractivity contribution < 1.29 is 14.0 Å². The van der Waals surface area contributed by atoms with E-state index in [9.17, 15) is 9.59 Å². The molecule has 0 aromatic carbocycles. The lowest BCUT2D eigenvalue weighted by molar-refractivity contribution is 0.0994. The predicted octanol–water partition coefficient (Wildman–Crippen LogP) is 2.01. The lowest BCUT2D eigenvalue weighted by Gasteiger charge is -2.13. The first kappa shape index (κ1) is 15.2. The van der Waals surface area contributed by atoms with Crippen molar-refractivity contribution in [3.63, 3.8) is 0 Å². The molecule has 0 unspecified atom stereocenters. The van der Waals surface area contributed by atoms with Gasteiger partial charge in [0.1, 0.15) is 5.76 Å². The Kier molecular flexibility index (Phi) is 4.11. The van der Waals surface area contributed by atoms with Crippen molar-refractivity contribution in [3.05, 3.63) is 34.2 Å². The van der Waals surface area contributed by atoms with Crippen LogP contribution in [0.2, 0.25) is 0 Å². The summed E-state index contributed by atoms with van der Waals surface area (Å²) in [5.41, 5.74) is 9.41. The number of rotatable bonds is 3. The van der Waals surface area contributed by atoms with Crippen molar-refractivity contribution in [3.8, 4) is 0 Å². The van der Waals surface area contributed by atoms with Crippen molar-refractivity contribution >= 4 is 34.1 Å². The van der Waals surface area contributed by atoms with Crippen molar-refractivity contribution in [2.45, 2.75) is 26.2 Å². The summed E-state index contributed by atoms with van der Waals surface area (Å²) in [5.74, 6) is 0.580. The topological polar surface area (TPSA) is 123 Å². The van der Waals surface area contributed by atoms with Crippen LogP contribution in [0.5, 0.6) is 0 Å². The highest BCUT2D eigenvalue weighted by molar-refractivity contribution is 7.13. The molecule has 120 valence electrons. The number of aromatic nitrogens is 1. The molecule has 0 spiro atoms. The molecule has 2 aromatic rings. The first-order chi connectivity index (χ1) is 11.1. The normalized spacial score (nSPS) is 15.3. The minimum atomic E-state index is -0.729. The first-order valence-corrected chi connectivity index (χ1v) is 7.89. The zero-order valence-electron chi connectivity index (χ0n) is 12.4. The zero-order chi connectivity index (χ0) is 16.4. The molecule has 3 amide bonds. The first-order valence-electron chi connectivity index (χ1n) is 7.01. The van der Waals surface area contributed by atoms with Gasteiger partial charge >= 0.3 is 6.03 Å². The van der Waals surface area contributed by atoms with Crippen LogP contribution in [0.1, 0.15) is 40.3 Å². The van der Waals surface area contributed by atoms with Crippen LogP contribution in [0.15, 0.2) is 21.1 Å². The fourth-order valence-corrected chi connectivity index (χ4v) is 3.08. The number of nitrogens with zero attached hydrogens (tertiary/aromatic N) is 2. The summed E-state index contributed by atoms with van der Waals surface area (Å²) in [5, 5.41) is 9.00. The second-order valence-electron chi connectivity index (χ2n) is 5.03. The molecule has 0 saturated carbocycles. The number of aryl methyl sites for hydroxylation is 1. The Morgan fingerprint density at radius 2 is 2.26 bits per heavy atom. The van der Waals surface area contributed by atoms with Crippen molar-refractivity contribution in [2.24, 2.45) is 10.8 Å². The number of nitrogens with two attached hydrogens (primary N) is 1. The molecule has 3 rings (SSSR count). The van der Waals surface area contributed by atoms with Gasteiger partial charge in [0.2, 0.25) is 0 Å². The lowest BCUT2D eigenvalue weighted by atomic mass is 9.93. The van der Waals surface area contributed by atoms with Crippen LogP contribution < -0.4 is 16.5 Å². The molecule has 0 atom stereocenters. The van der Waals surface area contributed by atoms with Gasteiger partial charge in [-0.2, -0.15) is 5.10 Å². The number of carbonyl (C=O) groups excluding carboxylic acids is 2. The predicted molar refractivity (Wildman–Crippen MR) is 85.7 cm³/mol. The number of urea groups is 1. The van der Waals surface area contributed by atoms with Gasteiger partial charge in [0.25, 0.3) is 5.91 Å². The smallest absolute Gasteiger partial charge is 0.332 e. The number of hydrogen-bond donors (Lipinski definition) is 3. The minimum Gasteiger partial charge on any atom is -0.455 e. The molecule has 0 saturated heterocycles. The summed E-state index contributed by atoms with van der Waals surface area (Å²) >= 11 is 1.33.